The van der Waals surface area contributed by atoms with Crippen LogP contribution in [0.3, 0.4) is 0 Å². The minimum atomic E-state index is -0.488. The first-order valence-electron chi connectivity index (χ1n) is 9.02. The number of carbonyl (C=O) groups excluding carboxylic acids is 1. The van der Waals surface area contributed by atoms with Gasteiger partial charge in [-0.1, -0.05) is 18.2 Å². The second-order valence-electron chi connectivity index (χ2n) is 6.79. The van der Waals surface area contributed by atoms with Crippen molar-refractivity contribution in [1.29, 1.82) is 0 Å². The predicted octanol–water partition coefficient (Wildman–Crippen LogP) is 2.57. The zero-order chi connectivity index (χ0) is 18.8. The summed E-state index contributed by atoms with van der Waals surface area (Å²) in [7, 11) is 0. The van der Waals surface area contributed by atoms with E-state index >= 15 is 0 Å². The third-order valence-electron chi connectivity index (χ3n) is 4.73. The molecule has 1 aliphatic carbocycles. The standard InChI is InChI=1S/C18H20N6O3/c25-17(21-12-5-2-1-3-6-12)14-7-4-10-23(14)18-19-11-15(24(26)27)16(22-18)20-13-8-9-13/h1-3,5-6,11,13-14H,4,7-10H2,(H,21,25)(H,19,20,22)/t14-/m0/s1. The average Bonchev–Trinajstić information content (AvgIpc) is 3.33. The number of anilines is 3. The van der Waals surface area contributed by atoms with Crippen molar-refractivity contribution in [2.45, 2.75) is 37.8 Å². The number of nitro groups is 1. The molecule has 1 amide bonds. The summed E-state index contributed by atoms with van der Waals surface area (Å²) < 4.78 is 0. The summed E-state index contributed by atoms with van der Waals surface area (Å²) in [6.45, 7) is 0.632. The van der Waals surface area contributed by atoms with Crippen LogP contribution in [0.5, 0.6) is 0 Å². The second kappa shape index (κ2) is 7.18. The van der Waals surface area contributed by atoms with Crippen molar-refractivity contribution < 1.29 is 9.72 Å². The summed E-state index contributed by atoms with van der Waals surface area (Å²) in [6, 6.07) is 9.09. The zero-order valence-corrected chi connectivity index (χ0v) is 14.7. The molecule has 2 aromatic rings. The normalized spacial score (nSPS) is 19.0. The lowest BCUT2D eigenvalue weighted by molar-refractivity contribution is -0.384. The molecule has 1 aromatic heterocycles. The Labute approximate surface area is 156 Å². The van der Waals surface area contributed by atoms with Crippen LogP contribution in [-0.2, 0) is 4.79 Å². The van der Waals surface area contributed by atoms with Crippen molar-refractivity contribution in [1.82, 2.24) is 9.97 Å². The summed E-state index contributed by atoms with van der Waals surface area (Å²) in [5, 5.41) is 17.2. The molecule has 140 valence electrons. The van der Waals surface area contributed by atoms with Gasteiger partial charge >= 0.3 is 5.69 Å². The molecule has 2 heterocycles. The highest BCUT2D eigenvalue weighted by Crippen LogP contribution is 2.32. The first-order chi connectivity index (χ1) is 13.1. The number of nitrogens with zero attached hydrogens (tertiary/aromatic N) is 4. The van der Waals surface area contributed by atoms with Crippen molar-refractivity contribution in [3.8, 4) is 0 Å². The Balaban J connectivity index is 1.55. The number of nitrogens with one attached hydrogen (secondary N) is 2. The molecule has 1 saturated heterocycles. The number of benzene rings is 1. The number of aromatic nitrogens is 2. The predicted molar refractivity (Wildman–Crippen MR) is 101 cm³/mol. The lowest BCUT2D eigenvalue weighted by Gasteiger charge is -2.24. The maximum atomic E-state index is 12.7. The third kappa shape index (κ3) is 3.81. The number of para-hydroxylation sites is 1. The Kier molecular flexibility index (Phi) is 4.57. The van der Waals surface area contributed by atoms with Crippen LogP contribution in [0.15, 0.2) is 36.5 Å². The van der Waals surface area contributed by atoms with E-state index in [4.69, 9.17) is 0 Å². The quantitative estimate of drug-likeness (QED) is 0.595. The van der Waals surface area contributed by atoms with E-state index in [2.05, 4.69) is 20.6 Å². The number of amides is 1. The monoisotopic (exact) mass is 368 g/mol. The molecular weight excluding hydrogens is 348 g/mol. The van der Waals surface area contributed by atoms with Gasteiger partial charge in [-0.3, -0.25) is 14.9 Å². The highest BCUT2D eigenvalue weighted by atomic mass is 16.6. The molecule has 4 rings (SSSR count). The molecule has 1 aliphatic heterocycles. The lowest BCUT2D eigenvalue weighted by Crippen LogP contribution is -2.40. The molecule has 1 saturated carbocycles. The van der Waals surface area contributed by atoms with Gasteiger partial charge in [0.25, 0.3) is 0 Å². The summed E-state index contributed by atoms with van der Waals surface area (Å²) in [6.07, 6.45) is 4.69. The first kappa shape index (κ1) is 17.2. The van der Waals surface area contributed by atoms with E-state index in [1.807, 2.05) is 35.2 Å². The van der Waals surface area contributed by atoms with Crippen LogP contribution in [0.25, 0.3) is 0 Å². The molecule has 0 bridgehead atoms. The maximum absolute atomic E-state index is 12.7. The van der Waals surface area contributed by atoms with E-state index in [0.29, 0.717) is 18.9 Å². The minimum absolute atomic E-state index is 0.127. The number of carbonyl (C=O) groups is 1. The molecule has 2 fully saturated rings. The molecule has 2 N–H and O–H groups in total. The molecule has 1 aromatic carbocycles. The van der Waals surface area contributed by atoms with Gasteiger partial charge in [0.2, 0.25) is 17.7 Å². The Morgan fingerprint density at radius 3 is 2.70 bits per heavy atom. The van der Waals surface area contributed by atoms with Crippen molar-refractivity contribution in [2.75, 3.05) is 22.1 Å². The molecule has 0 radical (unpaired) electrons. The van der Waals surface area contributed by atoms with Gasteiger partial charge in [-0.25, -0.2) is 4.98 Å². The van der Waals surface area contributed by atoms with Crippen molar-refractivity contribution in [3.05, 3.63) is 46.6 Å². The molecule has 0 spiro atoms. The van der Waals surface area contributed by atoms with Gasteiger partial charge in [0.1, 0.15) is 12.2 Å². The Morgan fingerprint density at radius 2 is 2.00 bits per heavy atom. The summed E-state index contributed by atoms with van der Waals surface area (Å²) in [5.74, 6) is 0.438. The molecular formula is C18H20N6O3. The van der Waals surface area contributed by atoms with Crippen LogP contribution in [-0.4, -0.2) is 39.4 Å². The highest BCUT2D eigenvalue weighted by molar-refractivity contribution is 5.97. The summed E-state index contributed by atoms with van der Waals surface area (Å²) in [4.78, 5) is 33.8. The maximum Gasteiger partial charge on any atom is 0.329 e. The number of hydrogen-bond donors (Lipinski definition) is 2. The number of rotatable bonds is 6. The van der Waals surface area contributed by atoms with Crippen molar-refractivity contribution >= 4 is 29.0 Å². The lowest BCUT2D eigenvalue weighted by atomic mass is 10.2. The Bertz CT molecular complexity index is 855. The van der Waals surface area contributed by atoms with Crippen LogP contribution >= 0.6 is 0 Å². The SMILES string of the molecule is O=C(Nc1ccccc1)[C@@H]1CCCN1c1ncc([N+](=O)[O-])c(NC2CC2)n1. The van der Waals surface area contributed by atoms with Gasteiger partial charge < -0.3 is 15.5 Å². The van der Waals surface area contributed by atoms with E-state index in [1.165, 1.54) is 6.20 Å². The van der Waals surface area contributed by atoms with E-state index < -0.39 is 11.0 Å². The summed E-state index contributed by atoms with van der Waals surface area (Å²) in [5.41, 5.74) is 0.588. The third-order valence-corrected chi connectivity index (χ3v) is 4.73. The van der Waals surface area contributed by atoms with Crippen LogP contribution in [0.2, 0.25) is 0 Å². The van der Waals surface area contributed by atoms with Gasteiger partial charge in [-0.05, 0) is 37.8 Å². The zero-order valence-electron chi connectivity index (χ0n) is 14.7. The molecule has 9 nitrogen and oxygen atoms in total. The molecule has 0 unspecified atom stereocenters. The number of hydrogen-bond acceptors (Lipinski definition) is 7. The van der Waals surface area contributed by atoms with Gasteiger partial charge in [0.15, 0.2) is 0 Å². The molecule has 27 heavy (non-hydrogen) atoms. The fraction of sp³-hybridized carbons (Fsp3) is 0.389. The van der Waals surface area contributed by atoms with Gasteiger partial charge in [0.05, 0.1) is 4.92 Å². The van der Waals surface area contributed by atoms with E-state index in [9.17, 15) is 14.9 Å². The van der Waals surface area contributed by atoms with Crippen molar-refractivity contribution in [2.24, 2.45) is 0 Å². The second-order valence-corrected chi connectivity index (χ2v) is 6.79. The van der Waals surface area contributed by atoms with Crippen LogP contribution in [0.1, 0.15) is 25.7 Å². The highest BCUT2D eigenvalue weighted by Gasteiger charge is 2.34. The van der Waals surface area contributed by atoms with Gasteiger partial charge in [-0.15, -0.1) is 0 Å². The fourth-order valence-electron chi connectivity index (χ4n) is 3.19. The molecule has 2 aliphatic rings. The van der Waals surface area contributed by atoms with Gasteiger partial charge in [-0.2, -0.15) is 4.98 Å². The first-order valence-corrected chi connectivity index (χ1v) is 9.02. The Morgan fingerprint density at radius 1 is 1.22 bits per heavy atom. The fourth-order valence-corrected chi connectivity index (χ4v) is 3.19. The van der Waals surface area contributed by atoms with E-state index in [-0.39, 0.29) is 23.5 Å². The molecule has 9 heteroatoms. The minimum Gasteiger partial charge on any atom is -0.361 e. The topological polar surface area (TPSA) is 113 Å². The van der Waals surface area contributed by atoms with Crippen molar-refractivity contribution in [3.63, 3.8) is 0 Å². The van der Waals surface area contributed by atoms with Gasteiger partial charge in [0, 0.05) is 18.3 Å². The van der Waals surface area contributed by atoms with Crippen LogP contribution in [0, 0.1) is 10.1 Å². The van der Waals surface area contributed by atoms with E-state index in [1.54, 1.807) is 0 Å². The average molecular weight is 368 g/mol. The molecule has 1 atom stereocenters. The van der Waals surface area contributed by atoms with E-state index in [0.717, 1.165) is 24.9 Å². The smallest absolute Gasteiger partial charge is 0.329 e. The Hall–Kier alpha value is -3.23. The largest absolute Gasteiger partial charge is 0.361 e. The van der Waals surface area contributed by atoms with Crippen LogP contribution < -0.4 is 15.5 Å². The van der Waals surface area contributed by atoms with Crippen LogP contribution in [0.4, 0.5) is 23.1 Å². The summed E-state index contributed by atoms with van der Waals surface area (Å²) >= 11 is 0.